The van der Waals surface area contributed by atoms with Crippen LogP contribution in [0.2, 0.25) is 0 Å². The van der Waals surface area contributed by atoms with Gasteiger partial charge >= 0.3 is 0 Å². The third-order valence-electron chi connectivity index (χ3n) is 2.94. The van der Waals surface area contributed by atoms with Crippen molar-refractivity contribution in [2.75, 3.05) is 36.9 Å². The van der Waals surface area contributed by atoms with Crippen molar-refractivity contribution >= 4 is 23.2 Å². The Morgan fingerprint density at radius 2 is 1.88 bits per heavy atom. The lowest BCUT2D eigenvalue weighted by Crippen LogP contribution is -2.36. The third kappa shape index (κ3) is 6.08. The molecule has 0 saturated heterocycles. The molecule has 1 aromatic carbocycles. The van der Waals surface area contributed by atoms with E-state index in [4.69, 9.17) is 15.5 Å². The molecule has 128 valence electrons. The highest BCUT2D eigenvalue weighted by molar-refractivity contribution is 5.97. The van der Waals surface area contributed by atoms with E-state index in [1.807, 2.05) is 0 Å². The van der Waals surface area contributed by atoms with E-state index in [2.05, 4.69) is 10.6 Å². The molecule has 0 aromatic heterocycles. The van der Waals surface area contributed by atoms with Gasteiger partial charge in [0, 0.05) is 37.6 Å². The molecule has 24 heavy (non-hydrogen) atoms. The Morgan fingerprint density at radius 3 is 2.42 bits per heavy atom. The van der Waals surface area contributed by atoms with E-state index in [-0.39, 0.29) is 37.8 Å². The molecule has 4 N–H and O–H groups in total. The molecule has 0 spiro atoms. The summed E-state index contributed by atoms with van der Waals surface area (Å²) in [6, 6.07) is 8.56. The Bertz CT molecular complexity index is 646. The Morgan fingerprint density at radius 1 is 1.25 bits per heavy atom. The van der Waals surface area contributed by atoms with Gasteiger partial charge in [-0.2, -0.15) is 5.26 Å². The van der Waals surface area contributed by atoms with Gasteiger partial charge in [-0.3, -0.25) is 9.59 Å². The van der Waals surface area contributed by atoms with Gasteiger partial charge in [0.25, 0.3) is 5.91 Å². The first-order valence-electron chi connectivity index (χ1n) is 7.27. The predicted molar refractivity (Wildman–Crippen MR) is 88.8 cm³/mol. The van der Waals surface area contributed by atoms with E-state index in [0.717, 1.165) is 0 Å². The number of aliphatic hydroxyl groups is 2. The van der Waals surface area contributed by atoms with Gasteiger partial charge < -0.3 is 25.7 Å². The molecule has 0 bridgehead atoms. The van der Waals surface area contributed by atoms with E-state index in [1.165, 1.54) is 18.0 Å². The number of amides is 2. The van der Waals surface area contributed by atoms with Crippen molar-refractivity contribution in [2.24, 2.45) is 0 Å². The van der Waals surface area contributed by atoms with Gasteiger partial charge in [0.2, 0.25) is 5.91 Å². The zero-order chi connectivity index (χ0) is 17.9. The number of nitriles is 1. The second kappa shape index (κ2) is 9.99. The van der Waals surface area contributed by atoms with Gasteiger partial charge in [-0.05, 0) is 18.2 Å². The van der Waals surface area contributed by atoms with Crippen LogP contribution in [0.1, 0.15) is 6.92 Å². The van der Waals surface area contributed by atoms with Crippen molar-refractivity contribution in [3.63, 3.8) is 0 Å². The minimum absolute atomic E-state index is 0.0242. The first-order valence-corrected chi connectivity index (χ1v) is 7.27. The Kier molecular flexibility index (Phi) is 7.98. The van der Waals surface area contributed by atoms with Crippen LogP contribution in [0.15, 0.2) is 36.0 Å². The molecule has 0 radical (unpaired) electrons. The SMILES string of the molecule is CC(=O)Nc1cccc(N/C=C(/C#N)C(=O)N(CCO)CCO)c1. The summed E-state index contributed by atoms with van der Waals surface area (Å²) in [6.07, 6.45) is 1.25. The van der Waals surface area contributed by atoms with Crippen LogP contribution in [0, 0.1) is 11.3 Å². The lowest BCUT2D eigenvalue weighted by molar-refractivity contribution is -0.127. The number of benzene rings is 1. The van der Waals surface area contributed by atoms with E-state index in [9.17, 15) is 9.59 Å². The summed E-state index contributed by atoms with van der Waals surface area (Å²) < 4.78 is 0. The molecule has 0 heterocycles. The standard InChI is InChI=1S/C16H20N4O4/c1-12(23)19-15-4-2-3-14(9-15)18-11-13(10-17)16(24)20(5-7-21)6-8-22/h2-4,9,11,18,21-22H,5-8H2,1H3,(H,19,23)/b13-11-. The lowest BCUT2D eigenvalue weighted by Gasteiger charge is -2.20. The fraction of sp³-hybridized carbons (Fsp3) is 0.312. The normalized spacial score (nSPS) is 10.7. The highest BCUT2D eigenvalue weighted by atomic mass is 16.3. The van der Waals surface area contributed by atoms with Crippen LogP contribution in [-0.4, -0.2) is 53.2 Å². The molecule has 2 amide bonds. The Labute approximate surface area is 140 Å². The summed E-state index contributed by atoms with van der Waals surface area (Å²) in [5, 5.41) is 32.5. The Balaban J connectivity index is 2.87. The van der Waals surface area contributed by atoms with Crippen LogP contribution >= 0.6 is 0 Å². The topological polar surface area (TPSA) is 126 Å². The third-order valence-corrected chi connectivity index (χ3v) is 2.94. The van der Waals surface area contributed by atoms with Crippen LogP contribution in [0.3, 0.4) is 0 Å². The molecule has 0 saturated carbocycles. The number of nitrogens with zero attached hydrogens (tertiary/aromatic N) is 2. The van der Waals surface area contributed by atoms with Gasteiger partial charge in [-0.1, -0.05) is 6.07 Å². The first-order chi connectivity index (χ1) is 11.5. The maximum absolute atomic E-state index is 12.2. The van der Waals surface area contributed by atoms with E-state index >= 15 is 0 Å². The number of anilines is 2. The van der Waals surface area contributed by atoms with Gasteiger partial charge in [0.15, 0.2) is 0 Å². The minimum Gasteiger partial charge on any atom is -0.395 e. The monoisotopic (exact) mass is 332 g/mol. The van der Waals surface area contributed by atoms with Crippen LogP contribution in [-0.2, 0) is 9.59 Å². The fourth-order valence-electron chi connectivity index (χ4n) is 1.91. The molecule has 0 aliphatic carbocycles. The minimum atomic E-state index is -0.592. The van der Waals surface area contributed by atoms with Gasteiger partial charge in [-0.25, -0.2) is 0 Å². The molecule has 0 unspecified atom stereocenters. The highest BCUT2D eigenvalue weighted by Crippen LogP contribution is 2.15. The Hall–Kier alpha value is -2.89. The quantitative estimate of drug-likeness (QED) is 0.400. The number of carbonyl (C=O) groups is 2. The zero-order valence-corrected chi connectivity index (χ0v) is 13.3. The molecule has 0 atom stereocenters. The van der Waals surface area contributed by atoms with Crippen molar-refractivity contribution < 1.29 is 19.8 Å². The zero-order valence-electron chi connectivity index (χ0n) is 13.3. The summed E-state index contributed by atoms with van der Waals surface area (Å²) in [7, 11) is 0. The maximum Gasteiger partial charge on any atom is 0.266 e. The van der Waals surface area contributed by atoms with Gasteiger partial charge in [-0.15, -0.1) is 0 Å². The fourth-order valence-corrected chi connectivity index (χ4v) is 1.91. The number of hydrogen-bond donors (Lipinski definition) is 4. The molecule has 8 nitrogen and oxygen atoms in total. The van der Waals surface area contributed by atoms with E-state index in [1.54, 1.807) is 30.3 Å². The summed E-state index contributed by atoms with van der Waals surface area (Å²) in [4.78, 5) is 24.4. The molecule has 8 heteroatoms. The van der Waals surface area contributed by atoms with Crippen molar-refractivity contribution in [1.29, 1.82) is 5.26 Å². The smallest absolute Gasteiger partial charge is 0.266 e. The average Bonchev–Trinajstić information content (AvgIpc) is 2.54. The first kappa shape index (κ1) is 19.2. The number of aliphatic hydroxyl groups excluding tert-OH is 2. The predicted octanol–water partition coefficient (Wildman–Crippen LogP) is 0.278. The maximum atomic E-state index is 12.2. The second-order valence-corrected chi connectivity index (χ2v) is 4.82. The van der Waals surface area contributed by atoms with Gasteiger partial charge in [0.1, 0.15) is 11.6 Å². The summed E-state index contributed by atoms with van der Waals surface area (Å²) in [5.41, 5.74) is 0.993. The van der Waals surface area contributed by atoms with Crippen LogP contribution < -0.4 is 10.6 Å². The van der Waals surface area contributed by atoms with E-state index < -0.39 is 5.91 Å². The van der Waals surface area contributed by atoms with Crippen molar-refractivity contribution in [1.82, 2.24) is 4.90 Å². The number of rotatable bonds is 8. The molecule has 1 aromatic rings. The van der Waals surface area contributed by atoms with Gasteiger partial charge in [0.05, 0.1) is 13.2 Å². The van der Waals surface area contributed by atoms with Crippen LogP contribution in [0.5, 0.6) is 0 Å². The molecular weight excluding hydrogens is 312 g/mol. The van der Waals surface area contributed by atoms with Crippen molar-refractivity contribution in [2.45, 2.75) is 6.92 Å². The van der Waals surface area contributed by atoms with E-state index in [0.29, 0.717) is 11.4 Å². The molecule has 0 aliphatic rings. The number of hydrogen-bond acceptors (Lipinski definition) is 6. The number of carbonyl (C=O) groups excluding carboxylic acids is 2. The summed E-state index contributed by atoms with van der Waals surface area (Å²) >= 11 is 0. The molecule has 1 rings (SSSR count). The molecule has 0 aliphatic heterocycles. The average molecular weight is 332 g/mol. The summed E-state index contributed by atoms with van der Waals surface area (Å²) in [5.74, 6) is -0.801. The number of nitrogens with one attached hydrogen (secondary N) is 2. The van der Waals surface area contributed by atoms with Crippen molar-refractivity contribution in [3.8, 4) is 6.07 Å². The van der Waals surface area contributed by atoms with Crippen LogP contribution in [0.4, 0.5) is 11.4 Å². The van der Waals surface area contributed by atoms with Crippen LogP contribution in [0.25, 0.3) is 0 Å². The summed E-state index contributed by atoms with van der Waals surface area (Å²) in [6.45, 7) is 0.906. The largest absolute Gasteiger partial charge is 0.395 e. The lowest BCUT2D eigenvalue weighted by atomic mass is 10.2. The highest BCUT2D eigenvalue weighted by Gasteiger charge is 2.17. The molecule has 0 fully saturated rings. The molecular formula is C16H20N4O4. The van der Waals surface area contributed by atoms with Crippen molar-refractivity contribution in [3.05, 3.63) is 36.0 Å². The second-order valence-electron chi connectivity index (χ2n) is 4.82.